The highest BCUT2D eigenvalue weighted by Gasteiger charge is 2.47. The van der Waals surface area contributed by atoms with Gasteiger partial charge in [-0.2, -0.15) is 0 Å². The van der Waals surface area contributed by atoms with Crippen LogP contribution in [-0.2, 0) is 10.0 Å². The van der Waals surface area contributed by atoms with Crippen molar-refractivity contribution in [2.24, 2.45) is 0 Å². The summed E-state index contributed by atoms with van der Waals surface area (Å²) in [4.78, 5) is 13.0. The molecule has 0 amide bonds. The van der Waals surface area contributed by atoms with E-state index in [1.54, 1.807) is 61.5 Å². The van der Waals surface area contributed by atoms with Crippen LogP contribution in [0.25, 0.3) is 0 Å². The minimum absolute atomic E-state index is 0.170. The normalized spacial score (nSPS) is 17.4. The summed E-state index contributed by atoms with van der Waals surface area (Å²) in [6, 6.07) is 20.3. The van der Waals surface area contributed by atoms with Crippen molar-refractivity contribution in [3.05, 3.63) is 128 Å². The lowest BCUT2D eigenvalue weighted by molar-refractivity contribution is 0.529. The Morgan fingerprint density at radius 1 is 0.800 bits per heavy atom. The molecule has 4 aromatic rings. The van der Waals surface area contributed by atoms with Crippen LogP contribution < -0.4 is 9.86 Å². The van der Waals surface area contributed by atoms with E-state index in [4.69, 9.17) is 23.2 Å². The molecule has 0 bridgehead atoms. The van der Waals surface area contributed by atoms with Gasteiger partial charge in [0, 0.05) is 16.1 Å². The number of sulfonamides is 1. The van der Waals surface area contributed by atoms with Crippen LogP contribution in [0.3, 0.4) is 0 Å². The lowest BCUT2D eigenvalue weighted by atomic mass is 9.94. The molecule has 5 nitrogen and oxygen atoms in total. The van der Waals surface area contributed by atoms with Crippen molar-refractivity contribution >= 4 is 39.0 Å². The van der Waals surface area contributed by atoms with Gasteiger partial charge >= 0.3 is 0 Å². The Morgan fingerprint density at radius 3 is 1.97 bits per heavy atom. The summed E-state index contributed by atoms with van der Waals surface area (Å²) in [5, 5.41) is 0.995. The predicted octanol–water partition coefficient (Wildman–Crippen LogP) is 6.14. The number of pyridine rings is 1. The molecule has 1 aromatic heterocycles. The van der Waals surface area contributed by atoms with Crippen molar-refractivity contribution in [3.63, 3.8) is 0 Å². The largest absolute Gasteiger partial charge is 0.284 e. The SMILES string of the molecule is Cc1ccc(F)cc1S(=O)(=O)N1c2cccc(=O)n2[C@@H](c2ccc(Cl)cc2)[C@H]1c1ccc(Cl)cc1. The third-order valence-electron chi connectivity index (χ3n) is 6.13. The molecular weight excluding hydrogens is 510 g/mol. The van der Waals surface area contributed by atoms with E-state index in [-0.39, 0.29) is 16.3 Å². The lowest BCUT2D eigenvalue weighted by Gasteiger charge is -2.29. The van der Waals surface area contributed by atoms with Gasteiger partial charge in [-0.15, -0.1) is 0 Å². The highest BCUT2D eigenvalue weighted by molar-refractivity contribution is 7.93. The third kappa shape index (κ3) is 4.03. The van der Waals surface area contributed by atoms with Gasteiger partial charge in [-0.1, -0.05) is 59.6 Å². The van der Waals surface area contributed by atoms with Crippen LogP contribution in [0, 0.1) is 12.7 Å². The van der Waals surface area contributed by atoms with Crippen LogP contribution in [-0.4, -0.2) is 13.0 Å². The number of aromatic nitrogens is 1. The highest BCUT2D eigenvalue weighted by atomic mass is 35.5. The Kier molecular flexibility index (Phi) is 5.95. The van der Waals surface area contributed by atoms with Crippen LogP contribution in [0.1, 0.15) is 28.8 Å². The topological polar surface area (TPSA) is 59.4 Å². The fourth-order valence-electron chi connectivity index (χ4n) is 4.56. The highest BCUT2D eigenvalue weighted by Crippen LogP contribution is 2.49. The Hall–Kier alpha value is -3.13. The van der Waals surface area contributed by atoms with Crippen molar-refractivity contribution in [2.75, 3.05) is 4.31 Å². The smallest absolute Gasteiger partial charge is 0.266 e. The number of aryl methyl sites for hydroxylation is 1. The van der Waals surface area contributed by atoms with Gasteiger partial charge in [0.25, 0.3) is 15.6 Å². The van der Waals surface area contributed by atoms with E-state index in [0.717, 1.165) is 6.07 Å². The van der Waals surface area contributed by atoms with E-state index in [2.05, 4.69) is 0 Å². The van der Waals surface area contributed by atoms with Crippen LogP contribution in [0.15, 0.2) is 94.6 Å². The van der Waals surface area contributed by atoms with E-state index in [1.807, 2.05) is 0 Å². The molecule has 2 atom stereocenters. The van der Waals surface area contributed by atoms with Crippen molar-refractivity contribution in [3.8, 4) is 0 Å². The average Bonchev–Trinajstić information content (AvgIpc) is 3.19. The first kappa shape index (κ1) is 23.6. The van der Waals surface area contributed by atoms with Crippen molar-refractivity contribution in [1.82, 2.24) is 4.57 Å². The van der Waals surface area contributed by atoms with Crippen LogP contribution >= 0.6 is 23.2 Å². The molecule has 0 spiro atoms. The van der Waals surface area contributed by atoms with Gasteiger partial charge in [0.15, 0.2) is 0 Å². The van der Waals surface area contributed by atoms with Crippen molar-refractivity contribution in [2.45, 2.75) is 23.9 Å². The van der Waals surface area contributed by atoms with E-state index in [9.17, 15) is 17.6 Å². The molecule has 3 aromatic carbocycles. The molecule has 9 heteroatoms. The van der Waals surface area contributed by atoms with E-state index in [1.165, 1.54) is 33.1 Å². The monoisotopic (exact) mass is 528 g/mol. The van der Waals surface area contributed by atoms with E-state index in [0.29, 0.717) is 26.7 Å². The maximum absolute atomic E-state index is 14.2. The Labute approximate surface area is 212 Å². The summed E-state index contributed by atoms with van der Waals surface area (Å²) >= 11 is 12.2. The van der Waals surface area contributed by atoms with E-state index < -0.39 is 27.9 Å². The number of anilines is 1. The zero-order chi connectivity index (χ0) is 24.9. The minimum atomic E-state index is -4.30. The summed E-state index contributed by atoms with van der Waals surface area (Å²) in [6.07, 6.45) is 0. The number of hydrogen-bond donors (Lipinski definition) is 0. The Bertz CT molecular complexity index is 1590. The molecule has 0 N–H and O–H groups in total. The number of benzene rings is 3. The third-order valence-corrected chi connectivity index (χ3v) is 8.57. The summed E-state index contributed by atoms with van der Waals surface area (Å²) in [7, 11) is -4.30. The molecular formula is C26H19Cl2FN2O3S. The molecule has 35 heavy (non-hydrogen) atoms. The maximum atomic E-state index is 14.2. The van der Waals surface area contributed by atoms with Gasteiger partial charge in [-0.25, -0.2) is 17.1 Å². The Morgan fingerprint density at radius 2 is 1.37 bits per heavy atom. The van der Waals surface area contributed by atoms with Gasteiger partial charge in [-0.3, -0.25) is 9.36 Å². The van der Waals surface area contributed by atoms with Crippen LogP contribution in [0.4, 0.5) is 10.2 Å². The second-order valence-electron chi connectivity index (χ2n) is 8.30. The molecule has 1 aliphatic heterocycles. The molecule has 178 valence electrons. The second-order valence-corrected chi connectivity index (χ2v) is 11.0. The fourth-order valence-corrected chi connectivity index (χ4v) is 6.69. The summed E-state index contributed by atoms with van der Waals surface area (Å²) in [6.45, 7) is 1.61. The van der Waals surface area contributed by atoms with Crippen molar-refractivity contribution in [1.29, 1.82) is 0 Å². The van der Waals surface area contributed by atoms with Gasteiger partial charge in [0.2, 0.25) is 0 Å². The van der Waals surface area contributed by atoms with Gasteiger partial charge < -0.3 is 0 Å². The quantitative estimate of drug-likeness (QED) is 0.319. The molecule has 0 unspecified atom stereocenters. The number of halogens is 3. The number of fused-ring (bicyclic) bond motifs is 1. The first-order chi connectivity index (χ1) is 16.7. The summed E-state index contributed by atoms with van der Waals surface area (Å²) in [5.74, 6) is -0.489. The summed E-state index contributed by atoms with van der Waals surface area (Å²) in [5.41, 5.74) is 1.34. The Balaban J connectivity index is 1.83. The van der Waals surface area contributed by atoms with E-state index >= 15 is 0 Å². The zero-order valence-electron chi connectivity index (χ0n) is 18.4. The summed E-state index contributed by atoms with van der Waals surface area (Å²) < 4.78 is 45.2. The maximum Gasteiger partial charge on any atom is 0.266 e. The molecule has 0 aliphatic carbocycles. The fraction of sp³-hybridized carbons (Fsp3) is 0.115. The molecule has 0 saturated carbocycles. The number of nitrogens with zero attached hydrogens (tertiary/aromatic N) is 2. The van der Waals surface area contributed by atoms with Crippen LogP contribution in [0.5, 0.6) is 0 Å². The zero-order valence-corrected chi connectivity index (χ0v) is 20.7. The molecule has 0 radical (unpaired) electrons. The standard InChI is InChI=1S/C26H19Cl2FN2O3S/c1-16-5-14-21(29)15-22(16)35(33,34)31-23-3-2-4-24(32)30(23)25(17-6-10-19(27)11-7-17)26(31)18-8-12-20(28)13-9-18/h2-15,25-26H,1H3/t25-,26+/m0/s1. The van der Waals surface area contributed by atoms with Crippen molar-refractivity contribution < 1.29 is 12.8 Å². The first-order valence-electron chi connectivity index (χ1n) is 10.7. The predicted molar refractivity (Wildman–Crippen MR) is 135 cm³/mol. The van der Waals surface area contributed by atoms with Gasteiger partial charge in [0.1, 0.15) is 11.6 Å². The van der Waals surface area contributed by atoms with Gasteiger partial charge in [0.05, 0.1) is 17.0 Å². The van der Waals surface area contributed by atoms with Gasteiger partial charge in [-0.05, 0) is 66.1 Å². The molecule has 5 rings (SSSR count). The number of rotatable bonds is 4. The number of hydrogen-bond acceptors (Lipinski definition) is 3. The molecule has 2 heterocycles. The second kappa shape index (κ2) is 8.82. The van der Waals surface area contributed by atoms with Crippen LogP contribution in [0.2, 0.25) is 10.0 Å². The molecule has 0 saturated heterocycles. The lowest BCUT2D eigenvalue weighted by Crippen LogP contribution is -2.34. The average molecular weight is 529 g/mol. The first-order valence-corrected chi connectivity index (χ1v) is 12.9. The molecule has 0 fully saturated rings. The minimum Gasteiger partial charge on any atom is -0.284 e. The molecule has 1 aliphatic rings.